The summed E-state index contributed by atoms with van der Waals surface area (Å²) in [6.45, 7) is 10.9. The maximum Gasteiger partial charge on any atom is 0.349 e. The fourth-order valence-corrected chi connectivity index (χ4v) is 2.82. The molecular formula is C19H30O3. The molecule has 0 amide bonds. The van der Waals surface area contributed by atoms with Gasteiger partial charge in [-0.2, -0.15) is 5.26 Å². The van der Waals surface area contributed by atoms with Crippen LogP contribution in [0.5, 0.6) is 0 Å². The predicted octanol–water partition coefficient (Wildman–Crippen LogP) is 5.52. The van der Waals surface area contributed by atoms with Crippen molar-refractivity contribution in [1.82, 2.24) is 0 Å². The third kappa shape index (κ3) is 5.80. The van der Waals surface area contributed by atoms with Crippen LogP contribution in [0.1, 0.15) is 83.3 Å². The van der Waals surface area contributed by atoms with Crippen LogP contribution in [0.4, 0.5) is 0 Å². The summed E-state index contributed by atoms with van der Waals surface area (Å²) in [6.07, 6.45) is 3.85. The van der Waals surface area contributed by atoms with Gasteiger partial charge in [-0.3, -0.25) is 0 Å². The van der Waals surface area contributed by atoms with Crippen molar-refractivity contribution in [2.45, 2.75) is 72.1 Å². The van der Waals surface area contributed by atoms with Crippen molar-refractivity contribution in [3.05, 3.63) is 35.4 Å². The molecule has 1 rings (SSSR count). The topological polar surface area (TPSA) is 46.5 Å². The molecule has 3 heteroatoms. The highest BCUT2D eigenvalue weighted by atomic mass is 17.1. The Labute approximate surface area is 134 Å². The Balaban J connectivity index is 2.84. The van der Waals surface area contributed by atoms with Crippen molar-refractivity contribution in [2.24, 2.45) is 5.41 Å². The second-order valence-corrected chi connectivity index (χ2v) is 7.55. The lowest BCUT2D eigenvalue weighted by molar-refractivity contribution is -0.236. The first kappa shape index (κ1) is 18.7. The average molecular weight is 306 g/mol. The molecule has 0 fully saturated rings. The number of hydrogen-bond acceptors (Lipinski definition) is 3. The molecule has 1 aromatic rings. The van der Waals surface area contributed by atoms with Crippen LogP contribution in [-0.4, -0.2) is 11.2 Å². The van der Waals surface area contributed by atoms with E-state index in [4.69, 9.17) is 5.26 Å². The van der Waals surface area contributed by atoms with Crippen molar-refractivity contribution in [3.63, 3.8) is 0 Å². The van der Waals surface area contributed by atoms with Gasteiger partial charge in [0, 0.05) is 0 Å². The van der Waals surface area contributed by atoms with E-state index in [-0.39, 0.29) is 5.92 Å². The molecule has 0 aliphatic heterocycles. The van der Waals surface area contributed by atoms with Crippen molar-refractivity contribution < 1.29 is 14.9 Å². The number of hydrogen-bond donors (Lipinski definition) is 1. The maximum absolute atomic E-state index is 12.0. The Kier molecular flexibility index (Phi) is 7.08. The second kappa shape index (κ2) is 8.33. The van der Waals surface area contributed by atoms with Gasteiger partial charge in [0.05, 0.1) is 5.92 Å². The molecule has 0 heterocycles. The van der Waals surface area contributed by atoms with E-state index < -0.39 is 5.97 Å². The number of rotatable bonds is 7. The van der Waals surface area contributed by atoms with E-state index >= 15 is 0 Å². The molecule has 1 N–H and O–H groups in total. The molecule has 0 bridgehead atoms. The molecule has 0 aliphatic carbocycles. The summed E-state index contributed by atoms with van der Waals surface area (Å²) in [7, 11) is 0. The largest absolute Gasteiger partial charge is 0.349 e. The second-order valence-electron chi connectivity index (χ2n) is 7.55. The van der Waals surface area contributed by atoms with E-state index in [9.17, 15) is 4.79 Å². The van der Waals surface area contributed by atoms with Crippen LogP contribution in [0.25, 0.3) is 0 Å². The zero-order chi connectivity index (χ0) is 16.8. The summed E-state index contributed by atoms with van der Waals surface area (Å²) >= 11 is 0. The van der Waals surface area contributed by atoms with Crippen LogP contribution in [0.2, 0.25) is 0 Å². The predicted molar refractivity (Wildman–Crippen MR) is 89.9 cm³/mol. The van der Waals surface area contributed by atoms with Crippen LogP contribution in [0, 0.1) is 5.41 Å². The van der Waals surface area contributed by atoms with Gasteiger partial charge in [0.1, 0.15) is 0 Å². The van der Waals surface area contributed by atoms with E-state index in [1.54, 1.807) is 0 Å². The van der Waals surface area contributed by atoms with Gasteiger partial charge in [-0.15, -0.1) is 0 Å². The molecule has 0 spiro atoms. The lowest BCUT2D eigenvalue weighted by Gasteiger charge is -2.21. The summed E-state index contributed by atoms with van der Waals surface area (Å²) in [5.41, 5.74) is 2.43. The minimum Gasteiger partial charge on any atom is -0.300 e. The maximum atomic E-state index is 12.0. The van der Waals surface area contributed by atoms with Gasteiger partial charge in [-0.1, -0.05) is 71.7 Å². The first-order valence-electron chi connectivity index (χ1n) is 8.20. The SMILES string of the molecule is CC(C)c1ccccc1C(CCCCC(C)(C)C)C(=O)OO. The minimum absolute atomic E-state index is 0.308. The molecular weight excluding hydrogens is 276 g/mol. The van der Waals surface area contributed by atoms with Gasteiger partial charge in [-0.05, 0) is 35.3 Å². The normalized spacial score (nSPS) is 13.2. The Morgan fingerprint density at radius 2 is 1.73 bits per heavy atom. The highest BCUT2D eigenvalue weighted by Crippen LogP contribution is 2.32. The third-order valence-corrected chi connectivity index (χ3v) is 4.04. The van der Waals surface area contributed by atoms with Crippen LogP contribution in [0.3, 0.4) is 0 Å². The molecule has 0 aromatic heterocycles. The Bertz CT molecular complexity index is 472. The first-order chi connectivity index (χ1) is 10.3. The van der Waals surface area contributed by atoms with E-state index in [1.807, 2.05) is 24.3 Å². The fraction of sp³-hybridized carbons (Fsp3) is 0.632. The quantitative estimate of drug-likeness (QED) is 0.410. The molecule has 0 aliphatic rings. The standard InChI is InChI=1S/C19H30O3/c1-14(2)15-10-6-7-11-16(15)17(18(20)22-21)12-8-9-13-19(3,4)5/h6-7,10-11,14,17,21H,8-9,12-13H2,1-5H3. The molecule has 22 heavy (non-hydrogen) atoms. The van der Waals surface area contributed by atoms with E-state index in [0.29, 0.717) is 17.8 Å². The molecule has 0 saturated heterocycles. The van der Waals surface area contributed by atoms with Gasteiger partial charge in [0.15, 0.2) is 0 Å². The van der Waals surface area contributed by atoms with Gasteiger partial charge < -0.3 is 4.89 Å². The molecule has 1 atom stereocenters. The number of benzene rings is 1. The van der Waals surface area contributed by atoms with Crippen molar-refractivity contribution in [3.8, 4) is 0 Å². The Morgan fingerprint density at radius 3 is 2.23 bits per heavy atom. The number of unbranched alkanes of at least 4 members (excludes halogenated alkanes) is 1. The third-order valence-electron chi connectivity index (χ3n) is 4.04. The molecule has 3 nitrogen and oxygen atoms in total. The highest BCUT2D eigenvalue weighted by molar-refractivity contribution is 5.78. The fourth-order valence-electron chi connectivity index (χ4n) is 2.82. The lowest BCUT2D eigenvalue weighted by Crippen LogP contribution is -2.17. The zero-order valence-corrected chi connectivity index (χ0v) is 14.6. The van der Waals surface area contributed by atoms with E-state index in [0.717, 1.165) is 30.4 Å². The van der Waals surface area contributed by atoms with Gasteiger partial charge in [-0.25, -0.2) is 4.79 Å². The van der Waals surface area contributed by atoms with Gasteiger partial charge in [0.2, 0.25) is 0 Å². The molecule has 1 unspecified atom stereocenters. The molecule has 0 radical (unpaired) electrons. The smallest absolute Gasteiger partial charge is 0.300 e. The molecule has 124 valence electrons. The monoisotopic (exact) mass is 306 g/mol. The van der Waals surface area contributed by atoms with Crippen LogP contribution in [0.15, 0.2) is 24.3 Å². The Morgan fingerprint density at radius 1 is 1.14 bits per heavy atom. The number of carbonyl (C=O) groups excluding carboxylic acids is 1. The van der Waals surface area contributed by atoms with E-state index in [1.165, 1.54) is 0 Å². The summed E-state index contributed by atoms with van der Waals surface area (Å²) in [5.74, 6) is -0.604. The van der Waals surface area contributed by atoms with Crippen LogP contribution in [-0.2, 0) is 9.68 Å². The number of carbonyl (C=O) groups is 1. The molecule has 0 saturated carbocycles. The molecule has 1 aromatic carbocycles. The van der Waals surface area contributed by atoms with Crippen molar-refractivity contribution in [1.29, 1.82) is 0 Å². The lowest BCUT2D eigenvalue weighted by atomic mass is 9.84. The average Bonchev–Trinajstić information content (AvgIpc) is 2.45. The zero-order valence-electron chi connectivity index (χ0n) is 14.6. The van der Waals surface area contributed by atoms with E-state index in [2.05, 4.69) is 39.5 Å². The Hall–Kier alpha value is -1.35. The van der Waals surface area contributed by atoms with Crippen LogP contribution < -0.4 is 0 Å². The van der Waals surface area contributed by atoms with Gasteiger partial charge >= 0.3 is 5.97 Å². The summed E-state index contributed by atoms with van der Waals surface area (Å²) < 4.78 is 0. The summed E-state index contributed by atoms with van der Waals surface area (Å²) in [6, 6.07) is 7.95. The van der Waals surface area contributed by atoms with Gasteiger partial charge in [0.25, 0.3) is 0 Å². The summed E-state index contributed by atoms with van der Waals surface area (Å²) in [5, 5.41) is 8.83. The van der Waals surface area contributed by atoms with Crippen LogP contribution >= 0.6 is 0 Å². The highest BCUT2D eigenvalue weighted by Gasteiger charge is 2.25. The minimum atomic E-state index is -0.552. The first-order valence-corrected chi connectivity index (χ1v) is 8.20. The van der Waals surface area contributed by atoms with Crippen molar-refractivity contribution >= 4 is 5.97 Å². The summed E-state index contributed by atoms with van der Waals surface area (Å²) in [4.78, 5) is 16.1. The van der Waals surface area contributed by atoms with Crippen molar-refractivity contribution in [2.75, 3.05) is 0 Å².